The second-order valence-electron chi connectivity index (χ2n) is 4.00. The Labute approximate surface area is 116 Å². The van der Waals surface area contributed by atoms with Crippen molar-refractivity contribution >= 4 is 21.9 Å². The van der Waals surface area contributed by atoms with Gasteiger partial charge in [-0.05, 0) is 34.5 Å². The van der Waals surface area contributed by atoms with Crippen LogP contribution in [0.3, 0.4) is 0 Å². The van der Waals surface area contributed by atoms with E-state index in [0.29, 0.717) is 21.7 Å². The minimum absolute atomic E-state index is 0.163. The predicted molar refractivity (Wildman–Crippen MR) is 67.5 cm³/mol. The molecule has 1 N–H and O–H groups in total. The van der Waals surface area contributed by atoms with Crippen molar-refractivity contribution in [2.24, 2.45) is 0 Å². The van der Waals surface area contributed by atoms with E-state index in [9.17, 15) is 4.79 Å². The fourth-order valence-electron chi connectivity index (χ4n) is 1.93. The zero-order valence-corrected chi connectivity index (χ0v) is 11.4. The molecule has 0 fully saturated rings. The number of fused-ring (bicyclic) bond motifs is 1. The van der Waals surface area contributed by atoms with Crippen LogP contribution in [0.15, 0.2) is 21.1 Å². The molecule has 0 unspecified atom stereocenters. The number of hydrogen-bond acceptors (Lipinski definition) is 5. The molecule has 3 rings (SSSR count). The molecule has 1 aromatic heterocycles. The van der Waals surface area contributed by atoms with Crippen molar-refractivity contribution in [3.05, 3.63) is 27.9 Å². The first kappa shape index (κ1) is 12.0. The fraction of sp³-hybridized carbons (Fsp3) is 0.167. The number of aromatic nitrogens is 1. The number of carboxylic acid groups (broad SMARTS) is 1. The molecular formula is C12H8BrNO5. The Balaban J connectivity index is 2.16. The number of rotatable bonds is 2. The van der Waals surface area contributed by atoms with Gasteiger partial charge in [0.15, 0.2) is 11.5 Å². The number of carbonyl (C=O) groups is 1. The Kier molecular flexibility index (Phi) is 2.70. The standard InChI is InChI=1S/C12H8BrNO5/c1-5-2-7-11(18-4-17-7)10(13)9(5)6-3-8(12(15)16)19-14-6/h2-3H,4H2,1H3,(H,15,16). The fourth-order valence-corrected chi connectivity index (χ4v) is 2.76. The van der Waals surface area contributed by atoms with E-state index in [4.69, 9.17) is 19.1 Å². The average molecular weight is 326 g/mol. The summed E-state index contributed by atoms with van der Waals surface area (Å²) >= 11 is 3.43. The summed E-state index contributed by atoms with van der Waals surface area (Å²) < 4.78 is 16.1. The molecule has 98 valence electrons. The third-order valence-corrected chi connectivity index (χ3v) is 3.54. The van der Waals surface area contributed by atoms with Crippen molar-refractivity contribution in [1.82, 2.24) is 5.16 Å². The van der Waals surface area contributed by atoms with E-state index in [1.54, 1.807) is 0 Å². The first-order valence-corrected chi connectivity index (χ1v) is 6.16. The second kappa shape index (κ2) is 4.27. The molecular weight excluding hydrogens is 318 g/mol. The summed E-state index contributed by atoms with van der Waals surface area (Å²) in [4.78, 5) is 10.8. The molecule has 1 aromatic carbocycles. The number of hydrogen-bond donors (Lipinski definition) is 1. The summed E-state index contributed by atoms with van der Waals surface area (Å²) in [6.45, 7) is 2.03. The Morgan fingerprint density at radius 2 is 2.21 bits per heavy atom. The van der Waals surface area contributed by atoms with Crippen molar-refractivity contribution in [2.75, 3.05) is 6.79 Å². The van der Waals surface area contributed by atoms with Crippen LogP contribution in [-0.4, -0.2) is 23.0 Å². The van der Waals surface area contributed by atoms with Gasteiger partial charge in [0.05, 0.1) is 4.47 Å². The highest BCUT2D eigenvalue weighted by atomic mass is 79.9. The molecule has 0 bridgehead atoms. The predicted octanol–water partition coefficient (Wildman–Crippen LogP) is 2.84. The molecule has 2 aromatic rings. The quantitative estimate of drug-likeness (QED) is 0.914. The third kappa shape index (κ3) is 1.86. The lowest BCUT2D eigenvalue weighted by Gasteiger charge is -2.08. The lowest BCUT2D eigenvalue weighted by atomic mass is 10.0. The van der Waals surface area contributed by atoms with Crippen LogP contribution >= 0.6 is 15.9 Å². The Morgan fingerprint density at radius 3 is 2.89 bits per heavy atom. The van der Waals surface area contributed by atoms with Crippen molar-refractivity contribution < 1.29 is 23.9 Å². The molecule has 0 amide bonds. The van der Waals surface area contributed by atoms with Gasteiger partial charge in [-0.3, -0.25) is 0 Å². The van der Waals surface area contributed by atoms with Gasteiger partial charge in [-0.15, -0.1) is 0 Å². The minimum atomic E-state index is -1.16. The van der Waals surface area contributed by atoms with Gasteiger partial charge in [-0.25, -0.2) is 4.79 Å². The Hall–Kier alpha value is -2.02. The molecule has 0 saturated carbocycles. The Morgan fingerprint density at radius 1 is 1.42 bits per heavy atom. The number of carboxylic acids is 1. The number of benzene rings is 1. The monoisotopic (exact) mass is 325 g/mol. The molecule has 6 nitrogen and oxygen atoms in total. The number of ether oxygens (including phenoxy) is 2. The first-order chi connectivity index (χ1) is 9.08. The van der Waals surface area contributed by atoms with Crippen LogP contribution in [0.2, 0.25) is 0 Å². The van der Waals surface area contributed by atoms with E-state index >= 15 is 0 Å². The lowest BCUT2D eigenvalue weighted by Crippen LogP contribution is -1.93. The van der Waals surface area contributed by atoms with Crippen LogP contribution in [0.1, 0.15) is 16.1 Å². The number of nitrogens with zero attached hydrogens (tertiary/aromatic N) is 1. The molecule has 0 radical (unpaired) electrons. The molecule has 0 spiro atoms. The number of aromatic carboxylic acids is 1. The van der Waals surface area contributed by atoms with Crippen LogP contribution in [-0.2, 0) is 0 Å². The highest BCUT2D eigenvalue weighted by Crippen LogP contribution is 2.46. The maximum absolute atomic E-state index is 10.8. The zero-order chi connectivity index (χ0) is 13.6. The molecule has 19 heavy (non-hydrogen) atoms. The molecule has 0 atom stereocenters. The van der Waals surface area contributed by atoms with Gasteiger partial charge in [0.1, 0.15) is 5.69 Å². The summed E-state index contributed by atoms with van der Waals surface area (Å²) in [6.07, 6.45) is 0. The van der Waals surface area contributed by atoms with Gasteiger partial charge < -0.3 is 19.1 Å². The number of halogens is 1. The van der Waals surface area contributed by atoms with Crippen LogP contribution < -0.4 is 9.47 Å². The third-order valence-electron chi connectivity index (χ3n) is 2.78. The maximum Gasteiger partial charge on any atom is 0.374 e. The van der Waals surface area contributed by atoms with E-state index in [0.717, 1.165) is 11.1 Å². The summed E-state index contributed by atoms with van der Waals surface area (Å²) in [5, 5.41) is 12.6. The van der Waals surface area contributed by atoms with Crippen molar-refractivity contribution in [3.8, 4) is 22.8 Å². The van der Waals surface area contributed by atoms with Crippen molar-refractivity contribution in [3.63, 3.8) is 0 Å². The number of aryl methyl sites for hydroxylation is 1. The molecule has 0 aliphatic carbocycles. The first-order valence-electron chi connectivity index (χ1n) is 5.37. The van der Waals surface area contributed by atoms with Gasteiger partial charge in [-0.2, -0.15) is 0 Å². The summed E-state index contributed by atoms with van der Waals surface area (Å²) in [5.41, 5.74) is 2.03. The molecule has 1 aliphatic heterocycles. The molecule has 2 heterocycles. The lowest BCUT2D eigenvalue weighted by molar-refractivity contribution is 0.0652. The zero-order valence-electron chi connectivity index (χ0n) is 9.77. The highest BCUT2D eigenvalue weighted by molar-refractivity contribution is 9.10. The smallest absolute Gasteiger partial charge is 0.374 e. The van der Waals surface area contributed by atoms with Crippen molar-refractivity contribution in [1.29, 1.82) is 0 Å². The molecule has 1 aliphatic rings. The van der Waals surface area contributed by atoms with E-state index < -0.39 is 5.97 Å². The van der Waals surface area contributed by atoms with Crippen molar-refractivity contribution in [2.45, 2.75) is 6.92 Å². The van der Waals surface area contributed by atoms with E-state index in [1.165, 1.54) is 6.07 Å². The van der Waals surface area contributed by atoms with E-state index in [2.05, 4.69) is 21.1 Å². The minimum Gasteiger partial charge on any atom is -0.475 e. The van der Waals surface area contributed by atoms with Crippen LogP contribution in [0.4, 0.5) is 0 Å². The van der Waals surface area contributed by atoms with Gasteiger partial charge >= 0.3 is 5.97 Å². The van der Waals surface area contributed by atoms with Crippen LogP contribution in [0, 0.1) is 6.92 Å². The SMILES string of the molecule is Cc1cc2c(c(Br)c1-c1cc(C(=O)O)on1)OCO2. The van der Waals surface area contributed by atoms with E-state index in [1.807, 2.05) is 13.0 Å². The normalized spacial score (nSPS) is 12.7. The topological polar surface area (TPSA) is 81.8 Å². The molecule has 0 saturated heterocycles. The largest absolute Gasteiger partial charge is 0.475 e. The highest BCUT2D eigenvalue weighted by Gasteiger charge is 2.24. The van der Waals surface area contributed by atoms with Crippen LogP contribution in [0.5, 0.6) is 11.5 Å². The van der Waals surface area contributed by atoms with Gasteiger partial charge in [0, 0.05) is 11.6 Å². The van der Waals surface area contributed by atoms with Gasteiger partial charge in [0.2, 0.25) is 12.6 Å². The average Bonchev–Trinajstić information content (AvgIpc) is 2.97. The molecule has 7 heteroatoms. The summed E-state index contributed by atoms with van der Waals surface area (Å²) in [6, 6.07) is 3.19. The second-order valence-corrected chi connectivity index (χ2v) is 4.79. The van der Waals surface area contributed by atoms with Gasteiger partial charge in [0.25, 0.3) is 0 Å². The maximum atomic E-state index is 10.8. The summed E-state index contributed by atoms with van der Waals surface area (Å²) in [7, 11) is 0. The Bertz CT molecular complexity index is 679. The van der Waals surface area contributed by atoms with Gasteiger partial charge in [-0.1, -0.05) is 5.16 Å². The van der Waals surface area contributed by atoms with E-state index in [-0.39, 0.29) is 12.6 Å². The summed E-state index contributed by atoms with van der Waals surface area (Å²) in [5.74, 6) is -0.136. The van der Waals surface area contributed by atoms with Crippen LogP contribution in [0.25, 0.3) is 11.3 Å².